The van der Waals surface area contributed by atoms with Gasteiger partial charge in [-0.15, -0.1) is 0 Å². The molecule has 188 valence electrons. The number of benzene rings is 2. The third-order valence-corrected chi connectivity index (χ3v) is 6.24. The maximum absolute atomic E-state index is 11.8. The van der Waals surface area contributed by atoms with E-state index in [-0.39, 0.29) is 18.6 Å². The molecule has 0 aliphatic rings. The predicted octanol–water partition coefficient (Wildman–Crippen LogP) is 3.38. The van der Waals surface area contributed by atoms with Crippen LogP contribution < -0.4 is 10.1 Å². The molecule has 5 rings (SSSR count). The fourth-order valence-electron chi connectivity index (χ4n) is 4.05. The largest absolute Gasteiger partial charge is 0.491 e. The third-order valence-electron chi connectivity index (χ3n) is 6.24. The Labute approximate surface area is 213 Å². The second-order valence-corrected chi connectivity index (χ2v) is 8.72. The molecule has 10 heteroatoms. The maximum Gasteiger partial charge on any atom is 0.248 e. The molecule has 0 fully saturated rings. The van der Waals surface area contributed by atoms with Gasteiger partial charge in [0.15, 0.2) is 0 Å². The number of likely N-dealkylation sites (N-methyl/N-ethyl adjacent to an activating group) is 1. The van der Waals surface area contributed by atoms with Crippen LogP contribution in [0.4, 0.5) is 11.5 Å². The summed E-state index contributed by atoms with van der Waals surface area (Å²) in [5, 5.41) is 18.8. The molecular formula is C27H27N7O3. The Morgan fingerprint density at radius 1 is 1.14 bits per heavy atom. The van der Waals surface area contributed by atoms with Gasteiger partial charge in [-0.05, 0) is 49.4 Å². The van der Waals surface area contributed by atoms with Crippen molar-refractivity contribution in [3.63, 3.8) is 0 Å². The first-order valence-electron chi connectivity index (χ1n) is 11.9. The molecule has 1 amide bonds. The van der Waals surface area contributed by atoms with Crippen molar-refractivity contribution in [2.24, 2.45) is 0 Å². The van der Waals surface area contributed by atoms with Crippen LogP contribution in [0.15, 0.2) is 73.3 Å². The number of hydrogen-bond acceptors (Lipinski definition) is 8. The number of aliphatic hydroxyl groups excluding tert-OH is 1. The molecule has 1 atom stereocenters. The van der Waals surface area contributed by atoms with Gasteiger partial charge in [-0.1, -0.05) is 12.1 Å². The van der Waals surface area contributed by atoms with Crippen molar-refractivity contribution in [1.29, 1.82) is 0 Å². The fraction of sp³-hybridized carbons (Fsp3) is 0.222. The fourth-order valence-corrected chi connectivity index (χ4v) is 4.05. The highest BCUT2D eigenvalue weighted by atomic mass is 16.5. The minimum Gasteiger partial charge on any atom is -0.491 e. The van der Waals surface area contributed by atoms with Gasteiger partial charge in [0.1, 0.15) is 31.1 Å². The van der Waals surface area contributed by atoms with Crippen molar-refractivity contribution >= 4 is 39.2 Å². The Kier molecular flexibility index (Phi) is 6.91. The van der Waals surface area contributed by atoms with Crippen molar-refractivity contribution in [3.05, 3.63) is 79.0 Å². The van der Waals surface area contributed by atoms with Gasteiger partial charge in [0, 0.05) is 24.3 Å². The zero-order valence-electron chi connectivity index (χ0n) is 20.6. The minimum absolute atomic E-state index is 0.235. The molecule has 10 nitrogen and oxygen atoms in total. The summed E-state index contributed by atoms with van der Waals surface area (Å²) in [6.07, 6.45) is 5.12. The molecule has 3 aromatic heterocycles. The van der Waals surface area contributed by atoms with Gasteiger partial charge in [-0.3, -0.25) is 14.5 Å². The zero-order valence-corrected chi connectivity index (χ0v) is 20.6. The van der Waals surface area contributed by atoms with Crippen LogP contribution in [0.3, 0.4) is 0 Å². The molecule has 2 N–H and O–H groups in total. The average Bonchev–Trinajstić information content (AvgIpc) is 3.33. The van der Waals surface area contributed by atoms with E-state index < -0.39 is 6.61 Å². The lowest BCUT2D eigenvalue weighted by atomic mass is 10.2. The van der Waals surface area contributed by atoms with E-state index in [0.29, 0.717) is 18.1 Å². The summed E-state index contributed by atoms with van der Waals surface area (Å²) in [7, 11) is 1.64. The molecule has 0 saturated heterocycles. The average molecular weight is 498 g/mol. The summed E-state index contributed by atoms with van der Waals surface area (Å²) in [6.45, 7) is 2.16. The van der Waals surface area contributed by atoms with Crippen molar-refractivity contribution in [2.45, 2.75) is 19.5 Å². The highest BCUT2D eigenvalue weighted by Gasteiger charge is 2.17. The lowest BCUT2D eigenvalue weighted by molar-refractivity contribution is -0.135. The van der Waals surface area contributed by atoms with E-state index in [9.17, 15) is 4.79 Å². The van der Waals surface area contributed by atoms with Crippen LogP contribution in [-0.4, -0.2) is 66.9 Å². The van der Waals surface area contributed by atoms with Gasteiger partial charge in [-0.2, -0.15) is 5.10 Å². The molecule has 37 heavy (non-hydrogen) atoms. The van der Waals surface area contributed by atoms with Gasteiger partial charge in [0.2, 0.25) is 5.91 Å². The number of ether oxygens (including phenoxy) is 1. The topological polar surface area (TPSA) is 118 Å². The van der Waals surface area contributed by atoms with Crippen molar-refractivity contribution < 1.29 is 14.6 Å². The van der Waals surface area contributed by atoms with E-state index in [4.69, 9.17) is 9.84 Å². The van der Waals surface area contributed by atoms with Gasteiger partial charge in [-0.25, -0.2) is 9.97 Å². The van der Waals surface area contributed by atoms with E-state index in [0.717, 1.165) is 33.2 Å². The molecule has 0 spiro atoms. The molecule has 0 unspecified atom stereocenters. The molecule has 0 bridgehead atoms. The van der Waals surface area contributed by atoms with Gasteiger partial charge in [0.05, 0.1) is 40.9 Å². The summed E-state index contributed by atoms with van der Waals surface area (Å²) < 4.78 is 8.01. The number of pyridine rings is 1. The molecule has 3 heterocycles. The van der Waals surface area contributed by atoms with Gasteiger partial charge in [0.25, 0.3) is 0 Å². The number of anilines is 2. The predicted molar refractivity (Wildman–Crippen MR) is 141 cm³/mol. The third kappa shape index (κ3) is 5.19. The Balaban J connectivity index is 1.39. The number of amides is 1. The lowest BCUT2D eigenvalue weighted by Crippen LogP contribution is -2.40. The first-order chi connectivity index (χ1) is 18.0. The van der Waals surface area contributed by atoms with Crippen molar-refractivity contribution in [3.8, 4) is 5.75 Å². The number of nitrogens with zero attached hydrogens (tertiary/aromatic N) is 6. The Morgan fingerprint density at radius 2 is 2.03 bits per heavy atom. The highest BCUT2D eigenvalue weighted by Crippen LogP contribution is 2.32. The van der Waals surface area contributed by atoms with E-state index in [2.05, 4.69) is 25.4 Å². The number of carbonyl (C=O) groups is 1. The van der Waals surface area contributed by atoms with Crippen molar-refractivity contribution in [2.75, 3.05) is 25.6 Å². The summed E-state index contributed by atoms with van der Waals surface area (Å²) in [5.74, 6) is 0.841. The van der Waals surface area contributed by atoms with Gasteiger partial charge < -0.3 is 20.1 Å². The summed E-state index contributed by atoms with van der Waals surface area (Å²) >= 11 is 0. The molecule has 0 aliphatic heterocycles. The van der Waals surface area contributed by atoms with Crippen LogP contribution >= 0.6 is 0 Å². The number of nitrogens with one attached hydrogen (secondary N) is 1. The van der Waals surface area contributed by atoms with E-state index in [1.54, 1.807) is 13.2 Å². The first kappa shape index (κ1) is 24.1. The monoisotopic (exact) mass is 497 g/mol. The minimum atomic E-state index is -0.538. The van der Waals surface area contributed by atoms with Crippen molar-refractivity contribution in [1.82, 2.24) is 29.6 Å². The summed E-state index contributed by atoms with van der Waals surface area (Å²) in [4.78, 5) is 26.5. The smallest absolute Gasteiger partial charge is 0.248 e. The van der Waals surface area contributed by atoms with Crippen LogP contribution in [0, 0.1) is 0 Å². The van der Waals surface area contributed by atoms with E-state index in [1.165, 1.54) is 11.2 Å². The molecule has 0 radical (unpaired) electrons. The molecule has 0 saturated carbocycles. The maximum atomic E-state index is 11.8. The Morgan fingerprint density at radius 3 is 2.84 bits per heavy atom. The van der Waals surface area contributed by atoms with Crippen LogP contribution in [0.1, 0.15) is 12.6 Å². The second kappa shape index (κ2) is 10.6. The standard InChI is InChI=1S/C27H27N7O3/c1-18(33(2)25(36)15-35)16-37-24-8-5-7-22-26(24)27(30-17-29-22)32-20-9-10-23-19(12-20)13-31-34(23)14-21-6-3-4-11-28-21/h3-13,17-18,35H,14-16H2,1-2H3,(H,29,30,32)/t18-/m1/s1. The van der Waals surface area contributed by atoms with E-state index in [1.807, 2.05) is 72.4 Å². The first-order valence-corrected chi connectivity index (χ1v) is 11.9. The molecule has 5 aromatic rings. The quantitative estimate of drug-likeness (QED) is 0.318. The Hall–Kier alpha value is -4.57. The molecular weight excluding hydrogens is 470 g/mol. The summed E-state index contributed by atoms with van der Waals surface area (Å²) in [6, 6.07) is 17.2. The van der Waals surface area contributed by atoms with Gasteiger partial charge >= 0.3 is 0 Å². The zero-order chi connectivity index (χ0) is 25.8. The number of aromatic nitrogens is 5. The highest BCUT2D eigenvalue weighted by molar-refractivity contribution is 5.96. The Bertz CT molecular complexity index is 1530. The van der Waals surface area contributed by atoms with Crippen LogP contribution in [0.2, 0.25) is 0 Å². The number of aliphatic hydroxyl groups is 1. The SMILES string of the molecule is C[C@H](COc1cccc2ncnc(Nc3ccc4c(cnn4Cc4ccccn4)c3)c12)N(C)C(=O)CO. The van der Waals surface area contributed by atoms with Crippen LogP contribution in [-0.2, 0) is 11.3 Å². The van der Waals surface area contributed by atoms with E-state index >= 15 is 0 Å². The number of hydrogen-bond donors (Lipinski definition) is 2. The number of carbonyl (C=O) groups excluding carboxylic acids is 1. The molecule has 2 aromatic carbocycles. The van der Waals surface area contributed by atoms with Crippen LogP contribution in [0.5, 0.6) is 5.75 Å². The second-order valence-electron chi connectivity index (χ2n) is 8.72. The van der Waals surface area contributed by atoms with Crippen LogP contribution in [0.25, 0.3) is 21.8 Å². The summed E-state index contributed by atoms with van der Waals surface area (Å²) in [5.41, 5.74) is 3.52. The lowest BCUT2D eigenvalue weighted by Gasteiger charge is -2.24. The number of rotatable bonds is 9. The molecule has 0 aliphatic carbocycles. The normalized spacial score (nSPS) is 12.0. The number of fused-ring (bicyclic) bond motifs is 2.